The standard InChI is InChI=1S/C12H22ClN5/c1-9-15-11(12(13)17(9)3)10(8-14)18-6-4-16(2)5-7-18/h10H,4-8,14H2,1-3H3. The molecule has 6 heteroatoms. The zero-order chi connectivity index (χ0) is 13.3. The Hall–Kier alpha value is -0.620. The second-order valence-corrected chi connectivity index (χ2v) is 5.34. The van der Waals surface area contributed by atoms with Crippen molar-refractivity contribution in [1.82, 2.24) is 19.4 Å². The number of halogens is 1. The molecule has 1 aromatic heterocycles. The van der Waals surface area contributed by atoms with Gasteiger partial charge in [0.05, 0.1) is 11.7 Å². The number of aryl methyl sites for hydroxylation is 1. The van der Waals surface area contributed by atoms with Crippen molar-refractivity contribution < 1.29 is 0 Å². The second-order valence-electron chi connectivity index (χ2n) is 4.98. The average molecular weight is 272 g/mol. The van der Waals surface area contributed by atoms with Crippen LogP contribution in [0, 0.1) is 6.92 Å². The van der Waals surface area contributed by atoms with E-state index in [1.165, 1.54) is 0 Å². The molecular weight excluding hydrogens is 250 g/mol. The smallest absolute Gasteiger partial charge is 0.133 e. The molecule has 0 saturated carbocycles. The highest BCUT2D eigenvalue weighted by molar-refractivity contribution is 6.30. The summed E-state index contributed by atoms with van der Waals surface area (Å²) in [6, 6.07) is 0.131. The third-order valence-electron chi connectivity index (χ3n) is 3.79. The van der Waals surface area contributed by atoms with Gasteiger partial charge in [-0.15, -0.1) is 0 Å². The molecule has 0 aromatic carbocycles. The fourth-order valence-electron chi connectivity index (χ4n) is 2.39. The largest absolute Gasteiger partial charge is 0.329 e. The van der Waals surface area contributed by atoms with Gasteiger partial charge in [0.2, 0.25) is 0 Å². The van der Waals surface area contributed by atoms with Gasteiger partial charge in [0.1, 0.15) is 11.0 Å². The number of piperazine rings is 1. The highest BCUT2D eigenvalue weighted by Gasteiger charge is 2.27. The summed E-state index contributed by atoms with van der Waals surface area (Å²) in [6.07, 6.45) is 0. The van der Waals surface area contributed by atoms with E-state index in [-0.39, 0.29) is 6.04 Å². The second kappa shape index (κ2) is 5.57. The number of imidazole rings is 1. The Morgan fingerprint density at radius 2 is 1.89 bits per heavy atom. The summed E-state index contributed by atoms with van der Waals surface area (Å²) in [6.45, 7) is 6.70. The fourth-order valence-corrected chi connectivity index (χ4v) is 2.68. The third-order valence-corrected chi connectivity index (χ3v) is 4.24. The van der Waals surface area contributed by atoms with Gasteiger partial charge in [0.25, 0.3) is 0 Å². The van der Waals surface area contributed by atoms with Crippen molar-refractivity contribution in [3.05, 3.63) is 16.7 Å². The van der Waals surface area contributed by atoms with Crippen molar-refractivity contribution in [2.75, 3.05) is 39.8 Å². The van der Waals surface area contributed by atoms with Crippen LogP contribution >= 0.6 is 11.6 Å². The first kappa shape index (κ1) is 13.8. The van der Waals surface area contributed by atoms with Crippen molar-refractivity contribution in [3.8, 4) is 0 Å². The lowest BCUT2D eigenvalue weighted by Crippen LogP contribution is -2.47. The molecule has 5 nitrogen and oxygen atoms in total. The molecule has 0 amide bonds. The number of hydrogen-bond acceptors (Lipinski definition) is 4. The Morgan fingerprint density at radius 1 is 1.28 bits per heavy atom. The molecule has 2 heterocycles. The van der Waals surface area contributed by atoms with Gasteiger partial charge in [0.15, 0.2) is 0 Å². The molecule has 1 unspecified atom stereocenters. The van der Waals surface area contributed by atoms with Crippen molar-refractivity contribution in [1.29, 1.82) is 0 Å². The van der Waals surface area contributed by atoms with Gasteiger partial charge in [-0.2, -0.15) is 0 Å². The molecule has 1 aromatic rings. The van der Waals surface area contributed by atoms with Crippen LogP contribution in [-0.2, 0) is 7.05 Å². The molecule has 0 radical (unpaired) electrons. The Morgan fingerprint density at radius 3 is 2.33 bits per heavy atom. The molecular formula is C12H22ClN5. The summed E-state index contributed by atoms with van der Waals surface area (Å²) in [5, 5.41) is 0.710. The maximum atomic E-state index is 6.34. The first-order valence-electron chi connectivity index (χ1n) is 6.36. The number of nitrogens with zero attached hydrogens (tertiary/aromatic N) is 4. The fraction of sp³-hybridized carbons (Fsp3) is 0.750. The summed E-state index contributed by atoms with van der Waals surface area (Å²) < 4.78 is 1.91. The molecule has 0 aliphatic carbocycles. The topological polar surface area (TPSA) is 50.3 Å². The minimum atomic E-state index is 0.131. The van der Waals surface area contributed by atoms with E-state index in [1.807, 2.05) is 18.5 Å². The summed E-state index contributed by atoms with van der Waals surface area (Å²) in [4.78, 5) is 9.28. The maximum absolute atomic E-state index is 6.34. The van der Waals surface area contributed by atoms with Gasteiger partial charge >= 0.3 is 0 Å². The molecule has 1 fully saturated rings. The lowest BCUT2D eigenvalue weighted by atomic mass is 10.1. The number of nitrogens with two attached hydrogens (primary N) is 1. The molecule has 1 aliphatic rings. The quantitative estimate of drug-likeness (QED) is 0.876. The van der Waals surface area contributed by atoms with E-state index in [1.54, 1.807) is 0 Å². The van der Waals surface area contributed by atoms with Gasteiger partial charge < -0.3 is 15.2 Å². The molecule has 2 rings (SSSR count). The summed E-state index contributed by atoms with van der Waals surface area (Å²) in [5.74, 6) is 0.933. The van der Waals surface area contributed by atoms with E-state index in [0.717, 1.165) is 37.7 Å². The average Bonchev–Trinajstić information content (AvgIpc) is 2.61. The van der Waals surface area contributed by atoms with Crippen LogP contribution in [-0.4, -0.2) is 59.1 Å². The first-order valence-corrected chi connectivity index (χ1v) is 6.73. The number of aromatic nitrogens is 2. The van der Waals surface area contributed by atoms with Crippen LogP contribution in [0.4, 0.5) is 0 Å². The van der Waals surface area contributed by atoms with E-state index in [4.69, 9.17) is 17.3 Å². The molecule has 2 N–H and O–H groups in total. The number of rotatable bonds is 3. The van der Waals surface area contributed by atoms with Crippen LogP contribution in [0.25, 0.3) is 0 Å². The summed E-state index contributed by atoms with van der Waals surface area (Å²) >= 11 is 6.34. The molecule has 1 atom stereocenters. The van der Waals surface area contributed by atoms with Crippen molar-refractivity contribution >= 4 is 11.6 Å². The van der Waals surface area contributed by atoms with Crippen LogP contribution in [0.1, 0.15) is 17.6 Å². The molecule has 18 heavy (non-hydrogen) atoms. The van der Waals surface area contributed by atoms with E-state index in [0.29, 0.717) is 11.7 Å². The molecule has 0 spiro atoms. The third kappa shape index (κ3) is 2.54. The van der Waals surface area contributed by atoms with Gasteiger partial charge in [0, 0.05) is 39.8 Å². The monoisotopic (exact) mass is 271 g/mol. The lowest BCUT2D eigenvalue weighted by Gasteiger charge is -2.36. The molecule has 1 aliphatic heterocycles. The number of hydrogen-bond donors (Lipinski definition) is 1. The van der Waals surface area contributed by atoms with Crippen LogP contribution in [0.15, 0.2) is 0 Å². The van der Waals surface area contributed by atoms with Crippen LogP contribution in [0.3, 0.4) is 0 Å². The van der Waals surface area contributed by atoms with E-state index in [9.17, 15) is 0 Å². The van der Waals surface area contributed by atoms with Gasteiger partial charge in [-0.3, -0.25) is 4.90 Å². The first-order chi connectivity index (χ1) is 8.54. The Labute approximate surface area is 114 Å². The minimum absolute atomic E-state index is 0.131. The van der Waals surface area contributed by atoms with E-state index < -0.39 is 0 Å². The molecule has 1 saturated heterocycles. The van der Waals surface area contributed by atoms with Gasteiger partial charge in [-0.25, -0.2) is 4.98 Å². The van der Waals surface area contributed by atoms with Crippen molar-refractivity contribution in [2.24, 2.45) is 12.8 Å². The summed E-state index contributed by atoms with van der Waals surface area (Å²) in [5.41, 5.74) is 6.86. The highest BCUT2D eigenvalue weighted by Crippen LogP contribution is 2.27. The predicted octanol–water partition coefficient (Wildman–Crippen LogP) is 0.629. The van der Waals surface area contributed by atoms with Crippen LogP contribution in [0.5, 0.6) is 0 Å². The highest BCUT2D eigenvalue weighted by atomic mass is 35.5. The Balaban J connectivity index is 2.20. The van der Waals surface area contributed by atoms with Crippen LogP contribution < -0.4 is 5.73 Å². The minimum Gasteiger partial charge on any atom is -0.329 e. The van der Waals surface area contributed by atoms with E-state index in [2.05, 4.69) is 21.8 Å². The Bertz CT molecular complexity index is 409. The number of likely N-dealkylation sites (N-methyl/N-ethyl adjacent to an activating group) is 1. The zero-order valence-corrected chi connectivity index (χ0v) is 12.1. The van der Waals surface area contributed by atoms with Gasteiger partial charge in [-0.1, -0.05) is 11.6 Å². The molecule has 0 bridgehead atoms. The van der Waals surface area contributed by atoms with Gasteiger partial charge in [-0.05, 0) is 14.0 Å². The van der Waals surface area contributed by atoms with Crippen molar-refractivity contribution in [2.45, 2.75) is 13.0 Å². The van der Waals surface area contributed by atoms with Crippen molar-refractivity contribution in [3.63, 3.8) is 0 Å². The zero-order valence-electron chi connectivity index (χ0n) is 11.4. The lowest BCUT2D eigenvalue weighted by molar-refractivity contribution is 0.113. The maximum Gasteiger partial charge on any atom is 0.133 e. The Kier molecular flexibility index (Phi) is 4.27. The summed E-state index contributed by atoms with van der Waals surface area (Å²) in [7, 11) is 4.08. The SMILES string of the molecule is Cc1nc(C(CN)N2CCN(C)CC2)c(Cl)n1C. The van der Waals surface area contributed by atoms with Crippen LogP contribution in [0.2, 0.25) is 5.15 Å². The normalized spacial score (nSPS) is 20.3. The molecule has 102 valence electrons. The predicted molar refractivity (Wildman–Crippen MR) is 73.8 cm³/mol. The van der Waals surface area contributed by atoms with E-state index >= 15 is 0 Å².